The number of hydrogen-bond donors (Lipinski definition) is 2. The number of carbonyl (C=O) groups excluding carboxylic acids is 1. The van der Waals surface area contributed by atoms with Gasteiger partial charge in [-0.3, -0.25) is 4.79 Å². The van der Waals surface area contributed by atoms with Crippen molar-refractivity contribution < 1.29 is 13.2 Å². The molecule has 0 aromatic heterocycles. The van der Waals surface area contributed by atoms with Gasteiger partial charge in [0.25, 0.3) is 0 Å². The summed E-state index contributed by atoms with van der Waals surface area (Å²) in [6, 6.07) is 9.40. The van der Waals surface area contributed by atoms with Crippen molar-refractivity contribution in [2.24, 2.45) is 17.8 Å². The maximum absolute atomic E-state index is 12.2. The molecule has 1 aliphatic carbocycles. The molecule has 1 saturated carbocycles. The van der Waals surface area contributed by atoms with Crippen molar-refractivity contribution in [3.8, 4) is 0 Å². The van der Waals surface area contributed by atoms with Gasteiger partial charge in [0.15, 0.2) is 0 Å². The van der Waals surface area contributed by atoms with Gasteiger partial charge in [0, 0.05) is 19.0 Å². The maximum atomic E-state index is 12.2. The molecule has 22 heavy (non-hydrogen) atoms. The highest BCUT2D eigenvalue weighted by molar-refractivity contribution is 7.88. The van der Waals surface area contributed by atoms with E-state index in [1.165, 1.54) is 0 Å². The smallest absolute Gasteiger partial charge is 0.220 e. The molecule has 4 atom stereocenters. The Balaban J connectivity index is 1.60. The van der Waals surface area contributed by atoms with E-state index >= 15 is 0 Å². The lowest BCUT2D eigenvalue weighted by Gasteiger charge is -2.21. The van der Waals surface area contributed by atoms with Crippen LogP contribution in [0.2, 0.25) is 0 Å². The maximum Gasteiger partial charge on any atom is 0.220 e. The number of amides is 1. The van der Waals surface area contributed by atoms with Crippen LogP contribution in [0.15, 0.2) is 30.3 Å². The third-order valence-electron chi connectivity index (χ3n) is 4.93. The molecule has 0 bridgehead atoms. The van der Waals surface area contributed by atoms with Gasteiger partial charge in [0.05, 0.1) is 5.75 Å². The minimum atomic E-state index is -3.34. The van der Waals surface area contributed by atoms with Gasteiger partial charge in [-0.25, -0.2) is 13.1 Å². The van der Waals surface area contributed by atoms with Crippen molar-refractivity contribution in [2.45, 2.75) is 31.6 Å². The third-order valence-corrected chi connectivity index (χ3v) is 6.25. The van der Waals surface area contributed by atoms with Gasteiger partial charge >= 0.3 is 0 Å². The minimum absolute atomic E-state index is 0.000215. The zero-order chi connectivity index (χ0) is 15.7. The van der Waals surface area contributed by atoms with E-state index in [1.807, 2.05) is 30.3 Å². The SMILES string of the molecule is C[C@H]1C[C@H]2NC(=O)C[C@H]2[C@@H]1CNS(=O)(=O)Cc1ccccc1. The van der Waals surface area contributed by atoms with Crippen molar-refractivity contribution in [1.82, 2.24) is 10.0 Å². The molecule has 120 valence electrons. The van der Waals surface area contributed by atoms with Gasteiger partial charge in [-0.1, -0.05) is 37.3 Å². The van der Waals surface area contributed by atoms with Crippen LogP contribution >= 0.6 is 0 Å². The Kier molecular flexibility index (Phi) is 4.23. The lowest BCUT2D eigenvalue weighted by Crippen LogP contribution is -2.34. The van der Waals surface area contributed by atoms with Crippen LogP contribution in [0.4, 0.5) is 0 Å². The zero-order valence-corrected chi connectivity index (χ0v) is 13.5. The van der Waals surface area contributed by atoms with Gasteiger partial charge in [-0.2, -0.15) is 0 Å². The molecule has 1 aromatic carbocycles. The second kappa shape index (κ2) is 6.01. The van der Waals surface area contributed by atoms with Crippen molar-refractivity contribution in [1.29, 1.82) is 0 Å². The molecular weight excluding hydrogens is 300 g/mol. The summed E-state index contributed by atoms with van der Waals surface area (Å²) in [6.07, 6.45) is 1.47. The van der Waals surface area contributed by atoms with Crippen LogP contribution in [0.3, 0.4) is 0 Å². The molecular formula is C16H22N2O3S. The first kappa shape index (κ1) is 15.5. The summed E-state index contributed by atoms with van der Waals surface area (Å²) in [6.45, 7) is 2.56. The third kappa shape index (κ3) is 3.33. The van der Waals surface area contributed by atoms with Gasteiger partial charge in [-0.15, -0.1) is 0 Å². The Bertz CT molecular complexity index is 645. The Morgan fingerprint density at radius 3 is 2.73 bits per heavy atom. The predicted octanol–water partition coefficient (Wildman–Crippen LogP) is 1.27. The van der Waals surface area contributed by atoms with Crippen molar-refractivity contribution in [2.75, 3.05) is 6.54 Å². The van der Waals surface area contributed by atoms with E-state index in [0.717, 1.165) is 12.0 Å². The van der Waals surface area contributed by atoms with E-state index < -0.39 is 10.0 Å². The molecule has 1 aromatic rings. The topological polar surface area (TPSA) is 75.3 Å². The molecule has 0 unspecified atom stereocenters. The van der Waals surface area contributed by atoms with Crippen LogP contribution in [0, 0.1) is 17.8 Å². The molecule has 0 spiro atoms. The molecule has 2 N–H and O–H groups in total. The molecule has 3 rings (SSSR count). The number of hydrogen-bond acceptors (Lipinski definition) is 3. The highest BCUT2D eigenvalue weighted by atomic mass is 32.2. The fourth-order valence-corrected chi connectivity index (χ4v) is 5.01. The molecule has 1 aliphatic heterocycles. The molecule has 2 fully saturated rings. The zero-order valence-electron chi connectivity index (χ0n) is 12.7. The first-order valence-corrected chi connectivity index (χ1v) is 9.40. The van der Waals surface area contributed by atoms with E-state index in [4.69, 9.17) is 0 Å². The van der Waals surface area contributed by atoms with Crippen LogP contribution in [0.5, 0.6) is 0 Å². The van der Waals surface area contributed by atoms with E-state index in [9.17, 15) is 13.2 Å². The van der Waals surface area contributed by atoms with E-state index in [1.54, 1.807) is 0 Å². The average molecular weight is 322 g/mol. The van der Waals surface area contributed by atoms with Gasteiger partial charge in [0.2, 0.25) is 15.9 Å². The number of carbonyl (C=O) groups is 1. The second-order valence-electron chi connectivity index (χ2n) is 6.51. The summed E-state index contributed by atoms with van der Waals surface area (Å²) in [5.41, 5.74) is 0.782. The standard InChI is InChI=1S/C16H22N2O3S/c1-11-7-15-13(8-16(19)18-15)14(11)9-17-22(20,21)10-12-5-3-2-4-6-12/h2-6,11,13-15,17H,7-10H2,1H3,(H,18,19)/t11-,13-,14+,15+/m0/s1. The average Bonchev–Trinajstić information content (AvgIpc) is 2.92. The van der Waals surface area contributed by atoms with Crippen molar-refractivity contribution >= 4 is 15.9 Å². The monoisotopic (exact) mass is 322 g/mol. The molecule has 1 saturated heterocycles. The normalized spacial score (nSPS) is 31.0. The lowest BCUT2D eigenvalue weighted by atomic mass is 9.89. The van der Waals surface area contributed by atoms with Crippen LogP contribution in [0.1, 0.15) is 25.3 Å². The quantitative estimate of drug-likeness (QED) is 0.857. The summed E-state index contributed by atoms with van der Waals surface area (Å²) in [7, 11) is -3.34. The molecule has 5 nitrogen and oxygen atoms in total. The highest BCUT2D eigenvalue weighted by Gasteiger charge is 2.46. The largest absolute Gasteiger partial charge is 0.353 e. The minimum Gasteiger partial charge on any atom is -0.353 e. The van der Waals surface area contributed by atoms with Crippen LogP contribution < -0.4 is 10.0 Å². The van der Waals surface area contributed by atoms with E-state index in [-0.39, 0.29) is 29.5 Å². The van der Waals surface area contributed by atoms with Gasteiger partial charge in [0.1, 0.15) is 0 Å². The summed E-state index contributed by atoms with van der Waals surface area (Å²) in [4.78, 5) is 11.5. The van der Waals surface area contributed by atoms with E-state index in [0.29, 0.717) is 18.9 Å². The van der Waals surface area contributed by atoms with Gasteiger partial charge < -0.3 is 5.32 Å². The predicted molar refractivity (Wildman–Crippen MR) is 84.4 cm³/mol. The summed E-state index contributed by atoms with van der Waals surface area (Å²) in [5, 5.41) is 3.00. The van der Waals surface area contributed by atoms with Crippen molar-refractivity contribution in [3.63, 3.8) is 0 Å². The molecule has 1 amide bonds. The number of fused-ring (bicyclic) bond motifs is 1. The van der Waals surface area contributed by atoms with Crippen LogP contribution in [-0.4, -0.2) is 26.9 Å². The summed E-state index contributed by atoms with van der Waals surface area (Å²) in [5.74, 6) is 1.02. The lowest BCUT2D eigenvalue weighted by molar-refractivity contribution is -0.119. The fraction of sp³-hybridized carbons (Fsp3) is 0.562. The molecule has 2 aliphatic rings. The number of rotatable bonds is 5. The Morgan fingerprint density at radius 1 is 1.27 bits per heavy atom. The molecule has 1 heterocycles. The number of nitrogens with one attached hydrogen (secondary N) is 2. The van der Waals surface area contributed by atoms with E-state index in [2.05, 4.69) is 17.0 Å². The number of sulfonamides is 1. The molecule has 6 heteroatoms. The van der Waals surface area contributed by atoms with Crippen LogP contribution in [0.25, 0.3) is 0 Å². The Morgan fingerprint density at radius 2 is 2.00 bits per heavy atom. The fourth-order valence-electron chi connectivity index (χ4n) is 3.83. The first-order valence-electron chi connectivity index (χ1n) is 7.75. The van der Waals surface area contributed by atoms with Crippen molar-refractivity contribution in [3.05, 3.63) is 35.9 Å². The first-order chi connectivity index (χ1) is 10.4. The summed E-state index contributed by atoms with van der Waals surface area (Å²) < 4.78 is 27.2. The highest BCUT2D eigenvalue weighted by Crippen LogP contribution is 2.41. The molecule has 0 radical (unpaired) electrons. The Labute approximate surface area is 131 Å². The Hall–Kier alpha value is -1.40. The van der Waals surface area contributed by atoms with Crippen LogP contribution in [-0.2, 0) is 20.6 Å². The second-order valence-corrected chi connectivity index (χ2v) is 8.32. The van der Waals surface area contributed by atoms with Gasteiger partial charge in [-0.05, 0) is 29.7 Å². The number of benzene rings is 1. The summed E-state index contributed by atoms with van der Waals surface area (Å²) >= 11 is 0.